The van der Waals surface area contributed by atoms with E-state index in [0.29, 0.717) is 61.4 Å². The summed E-state index contributed by atoms with van der Waals surface area (Å²) in [7, 11) is 1.32. The normalized spacial score (nSPS) is 14.4. The van der Waals surface area contributed by atoms with Gasteiger partial charge in [0.1, 0.15) is 5.69 Å². The third kappa shape index (κ3) is 4.69. The van der Waals surface area contributed by atoms with Gasteiger partial charge >= 0.3 is 5.97 Å². The number of hydrogen-bond donors (Lipinski definition) is 2. The standard InChI is InChI=1S/C22H28N4O4/c1-14-18(22(29)30-3)15(2)25-19(14)21(28)26-12-8-16(9-13-26)20(27)24-11-7-17-6-4-5-10-23-17/h4-6,10,16,25H,7-9,11-13H2,1-3H3,(H,24,27). The van der Waals surface area contributed by atoms with E-state index < -0.39 is 5.97 Å². The Bertz CT molecular complexity index is 915. The average molecular weight is 412 g/mol. The van der Waals surface area contributed by atoms with E-state index >= 15 is 0 Å². The number of ether oxygens (including phenoxy) is 1. The number of methoxy groups -OCH3 is 1. The summed E-state index contributed by atoms with van der Waals surface area (Å²) in [6.07, 6.45) is 3.66. The van der Waals surface area contributed by atoms with Gasteiger partial charge in [0.25, 0.3) is 5.91 Å². The van der Waals surface area contributed by atoms with Crippen LogP contribution in [0.4, 0.5) is 0 Å². The smallest absolute Gasteiger partial charge is 0.339 e. The van der Waals surface area contributed by atoms with Crippen molar-refractivity contribution in [1.29, 1.82) is 0 Å². The van der Waals surface area contributed by atoms with Crippen molar-refractivity contribution in [3.63, 3.8) is 0 Å². The van der Waals surface area contributed by atoms with Crippen molar-refractivity contribution in [2.75, 3.05) is 26.7 Å². The molecule has 3 rings (SSSR count). The third-order valence-electron chi connectivity index (χ3n) is 5.60. The monoisotopic (exact) mass is 412 g/mol. The molecule has 0 radical (unpaired) electrons. The number of aryl methyl sites for hydroxylation is 1. The minimum Gasteiger partial charge on any atom is -0.465 e. The van der Waals surface area contributed by atoms with Crippen molar-refractivity contribution < 1.29 is 19.1 Å². The van der Waals surface area contributed by atoms with Gasteiger partial charge in [-0.05, 0) is 44.4 Å². The lowest BCUT2D eigenvalue weighted by Gasteiger charge is -2.31. The Morgan fingerprint density at radius 3 is 2.60 bits per heavy atom. The number of pyridine rings is 1. The van der Waals surface area contributed by atoms with Crippen molar-refractivity contribution in [1.82, 2.24) is 20.2 Å². The Labute approximate surface area is 176 Å². The number of nitrogens with one attached hydrogen (secondary N) is 2. The molecule has 0 bridgehead atoms. The van der Waals surface area contributed by atoms with E-state index in [1.807, 2.05) is 18.2 Å². The number of nitrogens with zero attached hydrogens (tertiary/aromatic N) is 2. The second kappa shape index (κ2) is 9.56. The molecule has 0 aromatic carbocycles. The first-order valence-corrected chi connectivity index (χ1v) is 10.2. The highest BCUT2D eigenvalue weighted by Gasteiger charge is 2.30. The molecule has 2 aromatic heterocycles. The summed E-state index contributed by atoms with van der Waals surface area (Å²) < 4.78 is 4.81. The number of rotatable bonds is 6. The molecule has 1 saturated heterocycles. The number of H-pyrrole nitrogens is 1. The van der Waals surface area contributed by atoms with Gasteiger partial charge in [-0.25, -0.2) is 4.79 Å². The van der Waals surface area contributed by atoms with Crippen LogP contribution in [0.3, 0.4) is 0 Å². The van der Waals surface area contributed by atoms with Crippen LogP contribution >= 0.6 is 0 Å². The molecular weight excluding hydrogens is 384 g/mol. The second-order valence-electron chi connectivity index (χ2n) is 7.55. The van der Waals surface area contributed by atoms with Gasteiger partial charge in [-0.2, -0.15) is 0 Å². The number of likely N-dealkylation sites (tertiary alicyclic amines) is 1. The molecule has 0 atom stereocenters. The van der Waals surface area contributed by atoms with Crippen molar-refractivity contribution in [2.45, 2.75) is 33.1 Å². The third-order valence-corrected chi connectivity index (χ3v) is 5.60. The maximum atomic E-state index is 12.9. The van der Waals surface area contributed by atoms with Gasteiger partial charge in [0.2, 0.25) is 5.91 Å². The summed E-state index contributed by atoms with van der Waals surface area (Å²) in [6.45, 7) is 5.04. The Hall–Kier alpha value is -3.16. The Morgan fingerprint density at radius 1 is 1.23 bits per heavy atom. The van der Waals surface area contributed by atoms with Gasteiger partial charge in [0, 0.05) is 49.6 Å². The van der Waals surface area contributed by atoms with Crippen LogP contribution in [-0.4, -0.2) is 59.4 Å². The SMILES string of the molecule is COC(=O)c1c(C)[nH]c(C(=O)N2CCC(C(=O)NCCc3ccccn3)CC2)c1C. The lowest BCUT2D eigenvalue weighted by molar-refractivity contribution is -0.126. The van der Waals surface area contributed by atoms with Crippen LogP contribution in [0, 0.1) is 19.8 Å². The van der Waals surface area contributed by atoms with E-state index in [-0.39, 0.29) is 17.7 Å². The second-order valence-corrected chi connectivity index (χ2v) is 7.55. The quantitative estimate of drug-likeness (QED) is 0.707. The Morgan fingerprint density at radius 2 is 1.97 bits per heavy atom. The molecule has 0 unspecified atom stereocenters. The molecule has 0 saturated carbocycles. The van der Waals surface area contributed by atoms with Gasteiger partial charge in [-0.15, -0.1) is 0 Å². The number of hydrogen-bond acceptors (Lipinski definition) is 5. The molecule has 160 valence electrons. The Kier molecular flexibility index (Phi) is 6.87. The van der Waals surface area contributed by atoms with Crippen LogP contribution in [0.25, 0.3) is 0 Å². The predicted octanol–water partition coefficient (Wildman–Crippen LogP) is 2.02. The maximum Gasteiger partial charge on any atom is 0.339 e. The van der Waals surface area contributed by atoms with Gasteiger partial charge in [0.05, 0.1) is 12.7 Å². The number of esters is 1. The summed E-state index contributed by atoms with van der Waals surface area (Å²) in [5, 5.41) is 2.98. The first-order valence-electron chi connectivity index (χ1n) is 10.2. The summed E-state index contributed by atoms with van der Waals surface area (Å²) in [5.74, 6) is -0.686. The molecule has 30 heavy (non-hydrogen) atoms. The fourth-order valence-electron chi connectivity index (χ4n) is 3.88. The van der Waals surface area contributed by atoms with Gasteiger partial charge in [0.15, 0.2) is 0 Å². The van der Waals surface area contributed by atoms with E-state index in [9.17, 15) is 14.4 Å². The lowest BCUT2D eigenvalue weighted by Crippen LogP contribution is -2.43. The Balaban J connectivity index is 1.52. The van der Waals surface area contributed by atoms with E-state index in [4.69, 9.17) is 4.74 Å². The zero-order valence-electron chi connectivity index (χ0n) is 17.7. The van der Waals surface area contributed by atoms with Crippen LogP contribution in [0.2, 0.25) is 0 Å². The molecule has 0 spiro atoms. The fourth-order valence-corrected chi connectivity index (χ4v) is 3.88. The molecule has 2 aromatic rings. The van der Waals surface area contributed by atoms with Crippen molar-refractivity contribution in [2.24, 2.45) is 5.92 Å². The summed E-state index contributed by atoms with van der Waals surface area (Å²) in [5.41, 5.74) is 2.97. The average Bonchev–Trinajstić information content (AvgIpc) is 3.07. The zero-order valence-corrected chi connectivity index (χ0v) is 17.7. The molecule has 1 fully saturated rings. The number of aromatic amines is 1. The van der Waals surface area contributed by atoms with Crippen LogP contribution < -0.4 is 5.32 Å². The van der Waals surface area contributed by atoms with Gasteiger partial charge in [-0.3, -0.25) is 14.6 Å². The molecule has 2 amide bonds. The molecular formula is C22H28N4O4. The van der Waals surface area contributed by atoms with Crippen LogP contribution in [-0.2, 0) is 16.0 Å². The highest BCUT2D eigenvalue weighted by atomic mass is 16.5. The lowest BCUT2D eigenvalue weighted by atomic mass is 9.95. The summed E-state index contributed by atoms with van der Waals surface area (Å²) in [6, 6.07) is 5.73. The zero-order chi connectivity index (χ0) is 21.7. The number of piperidine rings is 1. The molecule has 2 N–H and O–H groups in total. The number of carbonyl (C=O) groups is 3. The first-order chi connectivity index (χ1) is 14.4. The van der Waals surface area contributed by atoms with Gasteiger partial charge < -0.3 is 19.9 Å². The molecule has 1 aliphatic heterocycles. The molecule has 0 aliphatic carbocycles. The van der Waals surface area contributed by atoms with Crippen LogP contribution in [0.1, 0.15) is 50.6 Å². The minimum absolute atomic E-state index is 0.0258. The highest BCUT2D eigenvalue weighted by Crippen LogP contribution is 2.23. The number of aromatic nitrogens is 2. The molecule has 1 aliphatic rings. The number of amides is 2. The number of carbonyl (C=O) groups excluding carboxylic acids is 3. The van der Waals surface area contributed by atoms with Crippen molar-refractivity contribution in [3.05, 3.63) is 52.6 Å². The van der Waals surface area contributed by atoms with E-state index in [2.05, 4.69) is 15.3 Å². The highest BCUT2D eigenvalue weighted by molar-refractivity contribution is 6.00. The largest absolute Gasteiger partial charge is 0.465 e. The predicted molar refractivity (Wildman–Crippen MR) is 111 cm³/mol. The first kappa shape index (κ1) is 21.5. The van der Waals surface area contributed by atoms with Crippen LogP contribution in [0.5, 0.6) is 0 Å². The molecule has 8 heteroatoms. The topological polar surface area (TPSA) is 104 Å². The van der Waals surface area contributed by atoms with Crippen LogP contribution in [0.15, 0.2) is 24.4 Å². The minimum atomic E-state index is -0.457. The fraction of sp³-hybridized carbons (Fsp3) is 0.455. The van der Waals surface area contributed by atoms with E-state index in [1.54, 1.807) is 24.9 Å². The maximum absolute atomic E-state index is 12.9. The van der Waals surface area contributed by atoms with Gasteiger partial charge in [-0.1, -0.05) is 6.07 Å². The summed E-state index contributed by atoms with van der Waals surface area (Å²) in [4.78, 5) is 46.3. The van der Waals surface area contributed by atoms with Crippen molar-refractivity contribution >= 4 is 17.8 Å². The summed E-state index contributed by atoms with van der Waals surface area (Å²) >= 11 is 0. The van der Waals surface area contributed by atoms with E-state index in [0.717, 1.165) is 5.69 Å². The van der Waals surface area contributed by atoms with Crippen molar-refractivity contribution in [3.8, 4) is 0 Å². The molecule has 8 nitrogen and oxygen atoms in total. The van der Waals surface area contributed by atoms with E-state index in [1.165, 1.54) is 7.11 Å². The molecule has 3 heterocycles.